The molecular weight excluding hydrogens is 136 g/mol. The molecule has 0 aromatic heterocycles. The fourth-order valence-electron chi connectivity index (χ4n) is 1.34. The summed E-state index contributed by atoms with van der Waals surface area (Å²) in [7, 11) is 0. The highest BCUT2D eigenvalue weighted by Crippen LogP contribution is 2.37. The van der Waals surface area contributed by atoms with Crippen LogP contribution >= 0.6 is 11.8 Å². The largest absolute Gasteiger partial charge is 0.464 e. The third-order valence-corrected chi connectivity index (χ3v) is 3.29. The summed E-state index contributed by atoms with van der Waals surface area (Å²) >= 11 is 1.75. The minimum Gasteiger partial charge on any atom is -0.464 e. The lowest BCUT2D eigenvalue weighted by Crippen LogP contribution is -2.12. The van der Waals surface area contributed by atoms with Crippen molar-refractivity contribution in [3.05, 3.63) is 0 Å². The molecule has 2 atom stereocenters. The number of carbonyl (C=O) groups excluding carboxylic acids is 1. The van der Waals surface area contributed by atoms with Crippen molar-refractivity contribution < 1.29 is 9.53 Å². The fourth-order valence-corrected chi connectivity index (χ4v) is 2.72. The Morgan fingerprint density at radius 1 is 1.67 bits per heavy atom. The zero-order chi connectivity index (χ0) is 6.27. The normalized spacial score (nSPS) is 40.7. The summed E-state index contributed by atoms with van der Waals surface area (Å²) in [5.41, 5.74) is 0. The van der Waals surface area contributed by atoms with Crippen LogP contribution in [0.5, 0.6) is 0 Å². The van der Waals surface area contributed by atoms with Gasteiger partial charge in [-0.3, -0.25) is 4.79 Å². The molecule has 2 nitrogen and oxygen atoms in total. The lowest BCUT2D eigenvalue weighted by atomic mass is 10.1. The van der Waals surface area contributed by atoms with Crippen molar-refractivity contribution in [1.29, 1.82) is 0 Å². The summed E-state index contributed by atoms with van der Waals surface area (Å²) in [6, 6.07) is 0. The molecule has 0 aliphatic carbocycles. The average molecular weight is 144 g/mol. The van der Waals surface area contributed by atoms with Gasteiger partial charge in [-0.2, -0.15) is 0 Å². The number of fused-ring (bicyclic) bond motifs is 1. The highest BCUT2D eigenvalue weighted by atomic mass is 32.2. The van der Waals surface area contributed by atoms with Crippen molar-refractivity contribution >= 4 is 17.7 Å². The first-order valence-electron chi connectivity index (χ1n) is 3.16. The van der Waals surface area contributed by atoms with E-state index in [0.29, 0.717) is 12.5 Å². The van der Waals surface area contributed by atoms with E-state index in [0.717, 1.165) is 5.75 Å². The van der Waals surface area contributed by atoms with Crippen molar-refractivity contribution in [2.45, 2.75) is 11.7 Å². The Labute approximate surface area is 58.0 Å². The molecule has 2 fully saturated rings. The lowest BCUT2D eigenvalue weighted by Gasteiger charge is -1.96. The van der Waals surface area contributed by atoms with Gasteiger partial charge in [0.1, 0.15) is 5.25 Å². The second-order valence-corrected chi connectivity index (χ2v) is 3.72. The Bertz CT molecular complexity index is 146. The SMILES string of the molecule is O=C1OCC2CCSC12. The van der Waals surface area contributed by atoms with Gasteiger partial charge in [0, 0.05) is 5.92 Å². The number of thioether (sulfide) groups is 1. The molecule has 0 aromatic rings. The van der Waals surface area contributed by atoms with Gasteiger partial charge in [0.2, 0.25) is 0 Å². The molecule has 0 amide bonds. The van der Waals surface area contributed by atoms with E-state index in [1.165, 1.54) is 6.42 Å². The van der Waals surface area contributed by atoms with Crippen LogP contribution in [0.15, 0.2) is 0 Å². The molecule has 50 valence electrons. The number of ether oxygens (including phenoxy) is 1. The van der Waals surface area contributed by atoms with E-state index < -0.39 is 0 Å². The summed E-state index contributed by atoms with van der Waals surface area (Å²) in [4.78, 5) is 10.8. The smallest absolute Gasteiger partial charge is 0.319 e. The summed E-state index contributed by atoms with van der Waals surface area (Å²) in [6.45, 7) is 0.677. The quantitative estimate of drug-likeness (QED) is 0.467. The molecule has 2 saturated heterocycles. The Kier molecular flexibility index (Phi) is 1.18. The first-order valence-corrected chi connectivity index (χ1v) is 4.21. The molecule has 0 radical (unpaired) electrons. The Morgan fingerprint density at radius 2 is 2.56 bits per heavy atom. The third-order valence-electron chi connectivity index (χ3n) is 1.89. The predicted molar refractivity (Wildman–Crippen MR) is 35.3 cm³/mol. The first kappa shape index (κ1) is 5.59. The van der Waals surface area contributed by atoms with Gasteiger partial charge in [0.15, 0.2) is 0 Å². The number of cyclic esters (lactones) is 1. The average Bonchev–Trinajstić information content (AvgIpc) is 2.35. The third kappa shape index (κ3) is 0.748. The van der Waals surface area contributed by atoms with Crippen LogP contribution in [0.3, 0.4) is 0 Å². The van der Waals surface area contributed by atoms with Gasteiger partial charge in [-0.15, -0.1) is 11.8 Å². The van der Waals surface area contributed by atoms with Crippen LogP contribution in [0.1, 0.15) is 6.42 Å². The van der Waals surface area contributed by atoms with Crippen molar-refractivity contribution in [2.75, 3.05) is 12.4 Å². The molecule has 0 aromatic carbocycles. The Hall–Kier alpha value is -0.180. The van der Waals surface area contributed by atoms with Crippen LogP contribution in [0, 0.1) is 5.92 Å². The molecule has 0 spiro atoms. The molecule has 0 saturated carbocycles. The zero-order valence-electron chi connectivity index (χ0n) is 5.00. The van der Waals surface area contributed by atoms with Gasteiger partial charge in [-0.1, -0.05) is 0 Å². The van der Waals surface area contributed by atoms with Crippen molar-refractivity contribution in [3.63, 3.8) is 0 Å². The maximum Gasteiger partial charge on any atom is 0.319 e. The van der Waals surface area contributed by atoms with E-state index >= 15 is 0 Å². The molecule has 9 heavy (non-hydrogen) atoms. The van der Waals surface area contributed by atoms with Crippen molar-refractivity contribution in [1.82, 2.24) is 0 Å². The number of hydrogen-bond donors (Lipinski definition) is 0. The molecule has 0 bridgehead atoms. The number of hydrogen-bond acceptors (Lipinski definition) is 3. The van der Waals surface area contributed by atoms with Crippen LogP contribution < -0.4 is 0 Å². The minimum absolute atomic E-state index is 0.0162. The number of rotatable bonds is 0. The molecule has 3 heteroatoms. The van der Waals surface area contributed by atoms with Crippen LogP contribution in [-0.4, -0.2) is 23.6 Å². The van der Waals surface area contributed by atoms with E-state index in [1.807, 2.05) is 0 Å². The summed E-state index contributed by atoms with van der Waals surface area (Å²) < 4.78 is 4.86. The number of carbonyl (C=O) groups is 1. The topological polar surface area (TPSA) is 26.3 Å². The lowest BCUT2D eigenvalue weighted by molar-refractivity contribution is -0.137. The van der Waals surface area contributed by atoms with Gasteiger partial charge in [0.25, 0.3) is 0 Å². The maximum absolute atomic E-state index is 10.8. The highest BCUT2D eigenvalue weighted by molar-refractivity contribution is 8.00. The second-order valence-electron chi connectivity index (χ2n) is 2.47. The standard InChI is InChI=1S/C6H8O2S/c7-6-5-4(3-8-6)1-2-9-5/h4-5H,1-3H2. The van der Waals surface area contributed by atoms with Crippen LogP contribution in [-0.2, 0) is 9.53 Å². The first-order chi connectivity index (χ1) is 4.38. The number of esters is 1. The fraction of sp³-hybridized carbons (Fsp3) is 0.833. The molecule has 2 aliphatic heterocycles. The Morgan fingerprint density at radius 3 is 3.33 bits per heavy atom. The van der Waals surface area contributed by atoms with Gasteiger partial charge in [-0.25, -0.2) is 0 Å². The van der Waals surface area contributed by atoms with Gasteiger partial charge in [0.05, 0.1) is 6.61 Å². The van der Waals surface area contributed by atoms with Crippen LogP contribution in [0.25, 0.3) is 0 Å². The monoisotopic (exact) mass is 144 g/mol. The predicted octanol–water partition coefficient (Wildman–Crippen LogP) is 0.665. The van der Waals surface area contributed by atoms with Crippen molar-refractivity contribution in [2.24, 2.45) is 5.92 Å². The molecule has 2 rings (SSSR count). The van der Waals surface area contributed by atoms with Crippen LogP contribution in [0.4, 0.5) is 0 Å². The molecule has 0 N–H and O–H groups in total. The molecule has 2 aliphatic rings. The second kappa shape index (κ2) is 1.90. The summed E-state index contributed by atoms with van der Waals surface area (Å²) in [5, 5.41) is 0.199. The van der Waals surface area contributed by atoms with Crippen molar-refractivity contribution in [3.8, 4) is 0 Å². The molecule has 2 heterocycles. The van der Waals surface area contributed by atoms with Gasteiger partial charge in [-0.05, 0) is 12.2 Å². The zero-order valence-corrected chi connectivity index (χ0v) is 5.82. The minimum atomic E-state index is 0.0162. The van der Waals surface area contributed by atoms with E-state index in [4.69, 9.17) is 4.74 Å². The van der Waals surface area contributed by atoms with Gasteiger partial charge >= 0.3 is 5.97 Å². The van der Waals surface area contributed by atoms with Crippen LogP contribution in [0.2, 0.25) is 0 Å². The van der Waals surface area contributed by atoms with E-state index in [9.17, 15) is 4.79 Å². The highest BCUT2D eigenvalue weighted by Gasteiger charge is 2.40. The maximum atomic E-state index is 10.8. The summed E-state index contributed by atoms with van der Waals surface area (Å²) in [6.07, 6.45) is 1.17. The molecule has 2 unspecified atom stereocenters. The van der Waals surface area contributed by atoms with E-state index in [2.05, 4.69) is 0 Å². The van der Waals surface area contributed by atoms with E-state index in [1.54, 1.807) is 11.8 Å². The summed E-state index contributed by atoms with van der Waals surface area (Å²) in [5.74, 6) is 1.70. The Balaban J connectivity index is 2.15. The van der Waals surface area contributed by atoms with Gasteiger partial charge < -0.3 is 4.74 Å². The molecular formula is C6H8O2S. The van der Waals surface area contributed by atoms with E-state index in [-0.39, 0.29) is 11.2 Å².